The number of rotatable bonds is 0. The predicted molar refractivity (Wildman–Crippen MR) is 82.8 cm³/mol. The van der Waals surface area contributed by atoms with Gasteiger partial charge in [0.2, 0.25) is 0 Å². The third kappa shape index (κ3) is 1.61. The van der Waals surface area contributed by atoms with Gasteiger partial charge in [-0.25, -0.2) is 4.99 Å². The molecular weight excluding hydrogens is 278 g/mol. The van der Waals surface area contributed by atoms with Crippen molar-refractivity contribution in [2.24, 2.45) is 4.99 Å². The molecule has 1 unspecified atom stereocenters. The van der Waals surface area contributed by atoms with Crippen molar-refractivity contribution >= 4 is 23.2 Å². The minimum atomic E-state index is -0.361. The average Bonchev–Trinajstić information content (AvgIpc) is 2.74. The van der Waals surface area contributed by atoms with Crippen molar-refractivity contribution in [2.75, 3.05) is 0 Å². The second-order valence-corrected chi connectivity index (χ2v) is 6.47. The molecule has 0 spiro atoms. The quantitative estimate of drug-likeness (QED) is 0.419. The van der Waals surface area contributed by atoms with Gasteiger partial charge in [-0.2, -0.15) is 0 Å². The van der Waals surface area contributed by atoms with Gasteiger partial charge in [-0.1, -0.05) is 13.8 Å². The van der Waals surface area contributed by atoms with Gasteiger partial charge in [-0.15, -0.1) is 0 Å². The van der Waals surface area contributed by atoms with Gasteiger partial charge < -0.3 is 4.74 Å². The molecule has 1 atom stereocenters. The molecule has 0 bridgehead atoms. The Hall–Kier alpha value is -2.49. The summed E-state index contributed by atoms with van der Waals surface area (Å²) in [6, 6.07) is 3.84. The lowest BCUT2D eigenvalue weighted by Gasteiger charge is -2.35. The van der Waals surface area contributed by atoms with Crippen LogP contribution >= 0.6 is 0 Å². The summed E-state index contributed by atoms with van der Waals surface area (Å²) in [7, 11) is 0. The van der Waals surface area contributed by atoms with Crippen LogP contribution in [0.3, 0.4) is 0 Å². The molecule has 4 nitrogen and oxygen atoms in total. The standard InChI is InChI=1S/C18H15NO3/c1-9-11-7-15-13(8-16(11)22-17(9)21)18(2,3)12-6-10(20)4-5-14(12)19-15/h4-9H,1-3H3. The Bertz CT molecular complexity index is 840. The molecule has 110 valence electrons. The van der Waals surface area contributed by atoms with Crippen LogP contribution in [0.15, 0.2) is 40.9 Å². The van der Waals surface area contributed by atoms with E-state index in [1.807, 2.05) is 19.1 Å². The van der Waals surface area contributed by atoms with E-state index in [2.05, 4.69) is 18.8 Å². The molecule has 0 radical (unpaired) electrons. The highest BCUT2D eigenvalue weighted by atomic mass is 16.5. The zero-order valence-electron chi connectivity index (χ0n) is 12.6. The van der Waals surface area contributed by atoms with E-state index in [-0.39, 0.29) is 23.1 Å². The van der Waals surface area contributed by atoms with Crippen LogP contribution in [-0.4, -0.2) is 17.5 Å². The van der Waals surface area contributed by atoms with Crippen LogP contribution in [0, 0.1) is 0 Å². The van der Waals surface area contributed by atoms with Crippen LogP contribution in [-0.2, 0) is 15.0 Å². The van der Waals surface area contributed by atoms with E-state index in [1.165, 1.54) is 6.08 Å². The molecule has 1 aromatic carbocycles. The fourth-order valence-electron chi connectivity index (χ4n) is 3.32. The number of hydrogen-bond donors (Lipinski definition) is 0. The number of allylic oxidation sites excluding steroid dienone is 4. The highest BCUT2D eigenvalue weighted by Gasteiger charge is 2.39. The second-order valence-electron chi connectivity index (χ2n) is 6.47. The number of ketones is 1. The van der Waals surface area contributed by atoms with E-state index in [1.54, 1.807) is 12.2 Å². The van der Waals surface area contributed by atoms with Crippen LogP contribution < -0.4 is 4.74 Å². The van der Waals surface area contributed by atoms with Crippen LogP contribution in [0.4, 0.5) is 5.69 Å². The molecule has 0 N–H and O–H groups in total. The van der Waals surface area contributed by atoms with Crippen LogP contribution in [0.1, 0.15) is 37.8 Å². The monoisotopic (exact) mass is 293 g/mol. The molecule has 22 heavy (non-hydrogen) atoms. The van der Waals surface area contributed by atoms with Crippen LogP contribution in [0.5, 0.6) is 5.75 Å². The Morgan fingerprint density at radius 1 is 1.18 bits per heavy atom. The number of ether oxygens (including phenoxy) is 1. The number of carbonyl (C=O) groups is 2. The van der Waals surface area contributed by atoms with Crippen LogP contribution in [0.25, 0.3) is 0 Å². The van der Waals surface area contributed by atoms with Crippen molar-refractivity contribution in [3.8, 4) is 5.75 Å². The molecule has 3 aliphatic rings. The Morgan fingerprint density at radius 3 is 2.73 bits per heavy atom. The summed E-state index contributed by atoms with van der Waals surface area (Å²) in [5, 5.41) is 0. The fraction of sp³-hybridized carbons (Fsp3) is 0.278. The molecule has 0 saturated carbocycles. The Balaban J connectivity index is 1.98. The van der Waals surface area contributed by atoms with E-state index in [0.717, 1.165) is 28.1 Å². The first kappa shape index (κ1) is 13.2. The lowest BCUT2D eigenvalue weighted by atomic mass is 9.71. The van der Waals surface area contributed by atoms with Crippen LogP contribution in [0.2, 0.25) is 0 Å². The van der Waals surface area contributed by atoms with Crippen molar-refractivity contribution < 1.29 is 14.3 Å². The Labute approximate surface area is 128 Å². The van der Waals surface area contributed by atoms with Crippen molar-refractivity contribution in [3.63, 3.8) is 0 Å². The van der Waals surface area contributed by atoms with Gasteiger partial charge >= 0.3 is 5.97 Å². The summed E-state index contributed by atoms with van der Waals surface area (Å²) in [5.41, 5.74) is 4.07. The summed E-state index contributed by atoms with van der Waals surface area (Å²) < 4.78 is 5.35. The minimum Gasteiger partial charge on any atom is -0.426 e. The SMILES string of the molecule is CC1C(=O)Oc2cc3c(cc21)N=C1C=CC(=O)C=C1C3(C)C. The lowest BCUT2D eigenvalue weighted by molar-refractivity contribution is -0.133. The Morgan fingerprint density at radius 2 is 1.95 bits per heavy atom. The first-order chi connectivity index (χ1) is 10.4. The van der Waals surface area contributed by atoms with Crippen molar-refractivity contribution in [1.29, 1.82) is 0 Å². The van der Waals surface area contributed by atoms with E-state index >= 15 is 0 Å². The number of fused-ring (bicyclic) bond motifs is 3. The molecule has 1 aromatic rings. The number of aliphatic imine (C=N–C) groups is 1. The highest BCUT2D eigenvalue weighted by Crippen LogP contribution is 2.48. The molecule has 0 fully saturated rings. The van der Waals surface area contributed by atoms with Gasteiger partial charge in [0, 0.05) is 11.0 Å². The first-order valence-electron chi connectivity index (χ1n) is 7.31. The topological polar surface area (TPSA) is 55.7 Å². The zero-order valence-corrected chi connectivity index (χ0v) is 12.6. The summed E-state index contributed by atoms with van der Waals surface area (Å²) in [4.78, 5) is 28.2. The molecule has 4 rings (SSSR count). The third-order valence-corrected chi connectivity index (χ3v) is 4.71. The Kier molecular flexibility index (Phi) is 2.42. The van der Waals surface area contributed by atoms with E-state index in [9.17, 15) is 9.59 Å². The van der Waals surface area contributed by atoms with Crippen molar-refractivity contribution in [1.82, 2.24) is 0 Å². The maximum Gasteiger partial charge on any atom is 0.318 e. The summed E-state index contributed by atoms with van der Waals surface area (Å²) in [6.07, 6.45) is 4.94. The predicted octanol–water partition coefficient (Wildman–Crippen LogP) is 3.14. The van der Waals surface area contributed by atoms with Gasteiger partial charge in [-0.3, -0.25) is 9.59 Å². The normalized spacial score (nSPS) is 24.0. The average molecular weight is 293 g/mol. The van der Waals surface area contributed by atoms with Gasteiger partial charge in [0.15, 0.2) is 5.78 Å². The number of esters is 1. The summed E-state index contributed by atoms with van der Waals surface area (Å²) in [6.45, 7) is 5.96. The number of hydrogen-bond acceptors (Lipinski definition) is 4. The highest BCUT2D eigenvalue weighted by molar-refractivity contribution is 6.22. The molecule has 2 heterocycles. The number of nitrogens with zero attached hydrogens (tertiary/aromatic N) is 1. The first-order valence-corrected chi connectivity index (χ1v) is 7.31. The molecule has 2 aliphatic heterocycles. The maximum atomic E-state index is 11.8. The van der Waals surface area contributed by atoms with E-state index < -0.39 is 0 Å². The van der Waals surface area contributed by atoms with Crippen molar-refractivity contribution in [3.05, 3.63) is 47.1 Å². The number of benzene rings is 1. The van der Waals surface area contributed by atoms with Gasteiger partial charge in [0.1, 0.15) is 5.75 Å². The van der Waals surface area contributed by atoms with E-state index in [4.69, 9.17) is 4.74 Å². The van der Waals surface area contributed by atoms with Gasteiger partial charge in [0.05, 0.1) is 17.3 Å². The molecule has 4 heteroatoms. The smallest absolute Gasteiger partial charge is 0.318 e. The van der Waals surface area contributed by atoms with Gasteiger partial charge in [0.25, 0.3) is 0 Å². The molecule has 0 saturated heterocycles. The largest absolute Gasteiger partial charge is 0.426 e. The summed E-state index contributed by atoms with van der Waals surface area (Å²) >= 11 is 0. The van der Waals surface area contributed by atoms with Gasteiger partial charge in [-0.05, 0) is 48.4 Å². The minimum absolute atomic E-state index is 0.0216. The second kappa shape index (κ2) is 4.03. The molecule has 0 aromatic heterocycles. The number of carbonyl (C=O) groups excluding carboxylic acids is 2. The molecule has 0 amide bonds. The van der Waals surface area contributed by atoms with E-state index in [0.29, 0.717) is 5.75 Å². The summed E-state index contributed by atoms with van der Waals surface area (Å²) in [5.74, 6) is 0.103. The molecule has 1 aliphatic carbocycles. The molecular formula is C18H15NO3. The van der Waals surface area contributed by atoms with Crippen molar-refractivity contribution in [2.45, 2.75) is 32.1 Å². The maximum absolute atomic E-state index is 11.8. The lowest BCUT2D eigenvalue weighted by Crippen LogP contribution is -2.30. The zero-order chi connectivity index (χ0) is 15.6. The fourth-order valence-corrected chi connectivity index (χ4v) is 3.32. The third-order valence-electron chi connectivity index (χ3n) is 4.71.